The zero-order chi connectivity index (χ0) is 12.1. The Labute approximate surface area is 90.3 Å². The summed E-state index contributed by atoms with van der Waals surface area (Å²) in [6.45, 7) is 0. The van der Waals surface area contributed by atoms with Crippen LogP contribution in [0.25, 0.3) is 0 Å². The summed E-state index contributed by atoms with van der Waals surface area (Å²) in [7, 11) is 1.02. The van der Waals surface area contributed by atoms with Crippen molar-refractivity contribution in [2.45, 2.75) is 0 Å². The number of halogens is 2. The van der Waals surface area contributed by atoms with Gasteiger partial charge in [0.1, 0.15) is 17.2 Å². The fourth-order valence-corrected chi connectivity index (χ4v) is 1.04. The second-order valence-electron chi connectivity index (χ2n) is 2.67. The van der Waals surface area contributed by atoms with Gasteiger partial charge < -0.3 is 4.74 Å². The standard InChI is InChI=1S/C11H5F2NO2/c1-16-11(15)10-8(12)5-7(3-2-4-14)6-9(10)13/h5-6H,1H3. The molecule has 0 N–H and O–H groups in total. The molecule has 0 heterocycles. The number of carbonyl (C=O) groups is 1. The van der Waals surface area contributed by atoms with Gasteiger partial charge in [0.05, 0.1) is 7.11 Å². The molecule has 0 radical (unpaired) electrons. The average Bonchev–Trinajstić information content (AvgIpc) is 2.25. The van der Waals surface area contributed by atoms with Crippen LogP contribution in [0.15, 0.2) is 12.1 Å². The van der Waals surface area contributed by atoms with E-state index in [1.165, 1.54) is 6.07 Å². The molecule has 0 amide bonds. The molecule has 0 atom stereocenters. The predicted octanol–water partition coefficient (Wildman–Crippen LogP) is 1.63. The van der Waals surface area contributed by atoms with Gasteiger partial charge in [-0.2, -0.15) is 5.26 Å². The number of ether oxygens (including phenoxy) is 1. The van der Waals surface area contributed by atoms with E-state index < -0.39 is 23.2 Å². The number of rotatable bonds is 1. The molecular weight excluding hydrogens is 216 g/mol. The molecule has 0 aromatic heterocycles. The highest BCUT2D eigenvalue weighted by Gasteiger charge is 2.18. The Bertz CT molecular complexity index is 512. The highest BCUT2D eigenvalue weighted by Crippen LogP contribution is 2.15. The van der Waals surface area contributed by atoms with Crippen molar-refractivity contribution in [3.8, 4) is 17.9 Å². The largest absolute Gasteiger partial charge is 0.465 e. The van der Waals surface area contributed by atoms with Gasteiger partial charge in [0.25, 0.3) is 0 Å². The first kappa shape index (κ1) is 11.7. The van der Waals surface area contributed by atoms with Gasteiger partial charge in [-0.1, -0.05) is 5.92 Å². The van der Waals surface area contributed by atoms with Crippen LogP contribution in [0.2, 0.25) is 0 Å². The smallest absolute Gasteiger partial charge is 0.343 e. The summed E-state index contributed by atoms with van der Waals surface area (Å²) in [6, 6.07) is 3.23. The maximum atomic E-state index is 13.3. The van der Waals surface area contributed by atoms with Crippen LogP contribution in [-0.2, 0) is 4.74 Å². The third kappa shape index (κ3) is 2.34. The lowest BCUT2D eigenvalue weighted by Crippen LogP contribution is -2.08. The Hall–Kier alpha value is -2.40. The molecular formula is C11H5F2NO2. The summed E-state index contributed by atoms with van der Waals surface area (Å²) in [5.74, 6) is 0.953. The van der Waals surface area contributed by atoms with E-state index in [0.29, 0.717) is 0 Å². The second-order valence-corrected chi connectivity index (χ2v) is 2.67. The third-order valence-corrected chi connectivity index (χ3v) is 1.69. The molecule has 0 saturated carbocycles. The lowest BCUT2D eigenvalue weighted by molar-refractivity contribution is 0.0590. The van der Waals surface area contributed by atoms with Crippen molar-refractivity contribution in [1.82, 2.24) is 0 Å². The predicted molar refractivity (Wildman–Crippen MR) is 50.2 cm³/mol. The zero-order valence-electron chi connectivity index (χ0n) is 8.17. The number of nitriles is 1. The molecule has 0 bridgehead atoms. The number of nitrogens with zero attached hydrogens (tertiary/aromatic N) is 1. The first-order valence-electron chi connectivity index (χ1n) is 4.07. The van der Waals surface area contributed by atoms with Crippen molar-refractivity contribution in [1.29, 1.82) is 5.26 Å². The van der Waals surface area contributed by atoms with Crippen LogP contribution in [0.5, 0.6) is 0 Å². The maximum Gasteiger partial charge on any atom is 0.343 e. The lowest BCUT2D eigenvalue weighted by atomic mass is 10.1. The molecule has 0 saturated heterocycles. The van der Waals surface area contributed by atoms with Gasteiger partial charge in [0, 0.05) is 11.5 Å². The molecule has 0 spiro atoms. The summed E-state index contributed by atoms with van der Waals surface area (Å²) in [6.07, 6.45) is 0. The van der Waals surface area contributed by atoms with E-state index in [2.05, 4.69) is 10.7 Å². The normalized spacial score (nSPS) is 8.62. The van der Waals surface area contributed by atoms with E-state index >= 15 is 0 Å². The quantitative estimate of drug-likeness (QED) is 0.535. The minimum atomic E-state index is -1.10. The van der Waals surface area contributed by atoms with Gasteiger partial charge in [0.15, 0.2) is 6.07 Å². The van der Waals surface area contributed by atoms with E-state index in [9.17, 15) is 13.6 Å². The van der Waals surface area contributed by atoms with Crippen molar-refractivity contribution in [2.75, 3.05) is 7.11 Å². The van der Waals surface area contributed by atoms with Gasteiger partial charge in [-0.05, 0) is 12.1 Å². The molecule has 16 heavy (non-hydrogen) atoms. The van der Waals surface area contributed by atoms with Crippen LogP contribution in [0, 0.1) is 34.8 Å². The highest BCUT2D eigenvalue weighted by molar-refractivity contribution is 5.90. The average molecular weight is 221 g/mol. The third-order valence-electron chi connectivity index (χ3n) is 1.69. The Morgan fingerprint density at radius 3 is 2.38 bits per heavy atom. The minimum absolute atomic E-state index is 0.0239. The Balaban J connectivity index is 3.29. The number of hydrogen-bond donors (Lipinski definition) is 0. The van der Waals surface area contributed by atoms with Gasteiger partial charge in [-0.3, -0.25) is 0 Å². The van der Waals surface area contributed by atoms with Gasteiger partial charge in [-0.25, -0.2) is 13.6 Å². The van der Waals surface area contributed by atoms with Crippen LogP contribution in [0.3, 0.4) is 0 Å². The van der Waals surface area contributed by atoms with Crippen LogP contribution in [0.1, 0.15) is 15.9 Å². The molecule has 0 aliphatic carbocycles. The van der Waals surface area contributed by atoms with E-state index in [0.717, 1.165) is 19.2 Å². The summed E-state index contributed by atoms with van der Waals surface area (Å²) in [5.41, 5.74) is -0.797. The molecule has 0 unspecified atom stereocenters. The number of benzene rings is 1. The van der Waals surface area contributed by atoms with Crippen molar-refractivity contribution in [2.24, 2.45) is 0 Å². The zero-order valence-corrected chi connectivity index (χ0v) is 8.17. The van der Waals surface area contributed by atoms with Crippen molar-refractivity contribution in [3.63, 3.8) is 0 Å². The fraction of sp³-hybridized carbons (Fsp3) is 0.0909. The molecule has 0 fully saturated rings. The lowest BCUT2D eigenvalue weighted by Gasteiger charge is -2.02. The van der Waals surface area contributed by atoms with Crippen LogP contribution in [0.4, 0.5) is 8.78 Å². The molecule has 1 rings (SSSR count). The minimum Gasteiger partial charge on any atom is -0.465 e. The topological polar surface area (TPSA) is 50.1 Å². The number of esters is 1. The second kappa shape index (κ2) is 4.90. The summed E-state index contributed by atoms with van der Waals surface area (Å²) in [5, 5.41) is 8.16. The first-order valence-corrected chi connectivity index (χ1v) is 4.07. The summed E-state index contributed by atoms with van der Waals surface area (Å²) >= 11 is 0. The van der Waals surface area contributed by atoms with Crippen LogP contribution >= 0.6 is 0 Å². The molecule has 3 nitrogen and oxygen atoms in total. The molecule has 5 heteroatoms. The van der Waals surface area contributed by atoms with E-state index in [4.69, 9.17) is 5.26 Å². The molecule has 1 aromatic rings. The Kier molecular flexibility index (Phi) is 3.58. The molecule has 80 valence electrons. The van der Waals surface area contributed by atoms with E-state index in [-0.39, 0.29) is 5.56 Å². The van der Waals surface area contributed by atoms with Crippen molar-refractivity contribution in [3.05, 3.63) is 34.9 Å². The van der Waals surface area contributed by atoms with Crippen molar-refractivity contribution >= 4 is 5.97 Å². The van der Waals surface area contributed by atoms with Gasteiger partial charge in [0.2, 0.25) is 0 Å². The fourth-order valence-electron chi connectivity index (χ4n) is 1.04. The monoisotopic (exact) mass is 221 g/mol. The summed E-state index contributed by atoms with van der Waals surface area (Å²) < 4.78 is 30.8. The molecule has 0 aliphatic heterocycles. The van der Waals surface area contributed by atoms with Crippen molar-refractivity contribution < 1.29 is 18.3 Å². The Morgan fingerprint density at radius 1 is 1.38 bits per heavy atom. The highest BCUT2D eigenvalue weighted by atomic mass is 19.1. The molecule has 1 aromatic carbocycles. The molecule has 0 aliphatic rings. The van der Waals surface area contributed by atoms with Gasteiger partial charge in [-0.15, -0.1) is 0 Å². The SMILES string of the molecule is COC(=O)c1c(F)cc(C#CC#N)cc1F. The first-order chi connectivity index (χ1) is 7.60. The summed E-state index contributed by atoms with van der Waals surface area (Å²) in [4.78, 5) is 11.0. The van der Waals surface area contributed by atoms with Crippen LogP contribution in [-0.4, -0.2) is 13.1 Å². The van der Waals surface area contributed by atoms with E-state index in [1.807, 2.05) is 5.92 Å². The van der Waals surface area contributed by atoms with Gasteiger partial charge >= 0.3 is 5.97 Å². The van der Waals surface area contributed by atoms with E-state index in [1.54, 1.807) is 0 Å². The number of carbonyl (C=O) groups excluding carboxylic acids is 1. The Morgan fingerprint density at radius 2 is 1.94 bits per heavy atom. The maximum absolute atomic E-state index is 13.3. The number of methoxy groups -OCH3 is 1. The number of hydrogen-bond acceptors (Lipinski definition) is 3. The van der Waals surface area contributed by atoms with Crippen LogP contribution < -0.4 is 0 Å².